The monoisotopic (exact) mass is 1690 g/mol. The molecule has 9 heterocycles. The van der Waals surface area contributed by atoms with Gasteiger partial charge in [-0.15, -0.1) is 11.3 Å². The molecule has 610 valence electrons. The van der Waals surface area contributed by atoms with Crippen molar-refractivity contribution < 1.29 is 8.83 Å². The van der Waals surface area contributed by atoms with Gasteiger partial charge in [-0.05, 0) is 197 Å². The Balaban J connectivity index is 0.0000000990. The van der Waals surface area contributed by atoms with E-state index < -0.39 is 0 Å². The average Bonchev–Trinajstić information content (AvgIpc) is 1.55. The van der Waals surface area contributed by atoms with Gasteiger partial charge < -0.3 is 36.2 Å². The topological polar surface area (TPSA) is 55.9 Å². The van der Waals surface area contributed by atoms with Crippen LogP contribution in [0.4, 0.5) is 0 Å². The van der Waals surface area contributed by atoms with Gasteiger partial charge in [0.2, 0.25) is 0 Å². The Hall–Kier alpha value is -17.2. The SMILES string of the molecule is c1ccc(-c2cccc(-n3c4cc5c(cc4c4ccc6oc7ccccc7c6c43)c3ccccc3n5-c3ccccc3)c2)cc1.c1ccc(-n2c3cc4c(cc3c3ccc5oc6ccccc6c5c32)c2ccccc2n4-c2cc3ccccc3c3ccccc23)cc1.c1ccc(-n2c3ccccc3c3cc4c5ccc6sc7ccccc7c6c5n(-c5ccccc5)c4cc32)cc1. The van der Waals surface area contributed by atoms with Crippen molar-refractivity contribution in [3.8, 4) is 45.3 Å². The summed E-state index contributed by atoms with van der Waals surface area (Å²) in [6.45, 7) is 0. The van der Waals surface area contributed by atoms with Gasteiger partial charge in [0.25, 0.3) is 0 Å². The maximum absolute atomic E-state index is 6.42. The largest absolute Gasteiger partial charge is 0.456 e. The van der Waals surface area contributed by atoms with E-state index in [9.17, 15) is 0 Å². The molecule has 21 aromatic carbocycles. The molecule has 0 spiro atoms. The first-order chi connectivity index (χ1) is 65.0. The van der Waals surface area contributed by atoms with E-state index in [1.807, 2.05) is 23.5 Å². The fourth-order valence-corrected chi connectivity index (χ4v) is 23.0. The highest BCUT2D eigenvalue weighted by Crippen LogP contribution is 2.51. The number of furan rings is 2. The quantitative estimate of drug-likeness (QED) is 0.149. The van der Waals surface area contributed by atoms with Gasteiger partial charge in [-0.2, -0.15) is 0 Å². The predicted octanol–water partition coefficient (Wildman–Crippen LogP) is 33.8. The van der Waals surface area contributed by atoms with Crippen molar-refractivity contribution in [3.05, 3.63) is 449 Å². The number of aromatic nitrogens is 6. The summed E-state index contributed by atoms with van der Waals surface area (Å²) in [7, 11) is 0. The molecule has 0 saturated heterocycles. The molecule has 30 rings (SSSR count). The van der Waals surface area contributed by atoms with Crippen LogP contribution in [0, 0.1) is 0 Å². The van der Waals surface area contributed by atoms with Gasteiger partial charge in [0.05, 0.1) is 82.7 Å². The molecule has 131 heavy (non-hydrogen) atoms. The average molecular weight is 1690 g/mol. The van der Waals surface area contributed by atoms with Crippen LogP contribution in [0.5, 0.6) is 0 Å². The van der Waals surface area contributed by atoms with Crippen LogP contribution in [-0.4, -0.2) is 27.4 Å². The van der Waals surface area contributed by atoms with Crippen molar-refractivity contribution in [2.75, 3.05) is 0 Å². The Labute approximate surface area is 752 Å². The highest BCUT2D eigenvalue weighted by molar-refractivity contribution is 7.26. The summed E-state index contributed by atoms with van der Waals surface area (Å²) in [6.07, 6.45) is 0. The standard InChI is InChI=1S/C44H26N2O.C42H26N2O.C36H22N2S/c1-2-13-28(14-3-1)45-39-26-40-35(25-36(39)33-22-23-42-43(44(33)45)34-19-9-11-21-41(34)47-42)32-18-8-10-20-37(32)46(40)38-24-27-12-4-5-15-29(27)30-16-6-7-17-31(30)38;1-3-12-27(13-4-1)28-14-11-17-30(24-28)44-38-26-37-34(31-18-7-9-20-36(31)43(37)29-15-5-2-6-16-29)25-35(38)32-22-23-40-41(42(32)44)33-19-8-10-21-39(33)45-40;1-3-11-23(12-4-1)37-30-17-9-7-15-25(30)28-21-29-26-19-20-34-35(27-16-8-10-18-33(27)39-34)36(26)38(32(29)22-31(28)37)24-13-5-2-6-14-24/h1-26H;1-26H;1-22H. The van der Waals surface area contributed by atoms with Crippen LogP contribution < -0.4 is 0 Å². The van der Waals surface area contributed by atoms with Gasteiger partial charge in [-0.25, -0.2) is 0 Å². The highest BCUT2D eigenvalue weighted by atomic mass is 32.1. The first-order valence-corrected chi connectivity index (χ1v) is 45.6. The van der Waals surface area contributed by atoms with Gasteiger partial charge in [0, 0.05) is 129 Å². The van der Waals surface area contributed by atoms with Crippen LogP contribution in [0.25, 0.3) is 262 Å². The second-order valence-corrected chi connectivity index (χ2v) is 35.5. The zero-order chi connectivity index (χ0) is 85.6. The van der Waals surface area contributed by atoms with Gasteiger partial charge >= 0.3 is 0 Å². The normalized spacial score (nSPS) is 12.1. The number of thiophene rings is 1. The number of para-hydroxylation sites is 9. The third-order valence-electron chi connectivity index (χ3n) is 27.4. The smallest absolute Gasteiger partial charge is 0.137 e. The summed E-state index contributed by atoms with van der Waals surface area (Å²) < 4.78 is 30.1. The fourth-order valence-electron chi connectivity index (χ4n) is 21.9. The van der Waals surface area contributed by atoms with E-state index in [2.05, 4.69) is 464 Å². The summed E-state index contributed by atoms with van der Waals surface area (Å²) >= 11 is 1.88. The number of fused-ring (bicyclic) bond motifs is 33. The van der Waals surface area contributed by atoms with E-state index >= 15 is 0 Å². The minimum Gasteiger partial charge on any atom is -0.456 e. The third kappa shape index (κ3) is 10.9. The lowest BCUT2D eigenvalue weighted by Crippen LogP contribution is -1.97. The summed E-state index contributed by atoms with van der Waals surface area (Å²) in [5.41, 5.74) is 27.4. The first kappa shape index (κ1) is 73.0. The summed E-state index contributed by atoms with van der Waals surface area (Å²) in [5.74, 6) is 0. The lowest BCUT2D eigenvalue weighted by atomic mass is 10.00. The fraction of sp³-hybridized carbons (Fsp3) is 0. The van der Waals surface area contributed by atoms with Crippen LogP contribution >= 0.6 is 11.3 Å². The highest BCUT2D eigenvalue weighted by Gasteiger charge is 2.28. The molecule has 0 unspecified atom stereocenters. The number of rotatable bonds is 7. The maximum atomic E-state index is 6.42. The Morgan fingerprint density at radius 3 is 1.01 bits per heavy atom. The Morgan fingerprint density at radius 1 is 0.160 bits per heavy atom. The lowest BCUT2D eigenvalue weighted by molar-refractivity contribution is 0.669. The molecule has 9 heteroatoms. The van der Waals surface area contributed by atoms with E-state index in [-0.39, 0.29) is 0 Å². The molecule has 0 bridgehead atoms. The van der Waals surface area contributed by atoms with Crippen molar-refractivity contribution in [1.29, 1.82) is 0 Å². The van der Waals surface area contributed by atoms with Crippen LogP contribution in [0.2, 0.25) is 0 Å². The van der Waals surface area contributed by atoms with E-state index in [4.69, 9.17) is 8.83 Å². The predicted molar refractivity (Wildman–Crippen MR) is 553 cm³/mol. The number of hydrogen-bond acceptors (Lipinski definition) is 3. The zero-order valence-electron chi connectivity index (χ0n) is 70.6. The molecule has 0 aliphatic heterocycles. The third-order valence-corrected chi connectivity index (χ3v) is 28.6. The van der Waals surface area contributed by atoms with Crippen LogP contribution in [0.15, 0.2) is 458 Å². The van der Waals surface area contributed by atoms with E-state index in [0.29, 0.717) is 0 Å². The molecule has 8 nitrogen and oxygen atoms in total. The molecule has 0 aliphatic rings. The van der Waals surface area contributed by atoms with Crippen molar-refractivity contribution >= 4 is 228 Å². The molecule has 0 radical (unpaired) electrons. The van der Waals surface area contributed by atoms with Crippen LogP contribution in [-0.2, 0) is 0 Å². The Bertz CT molecular complexity index is 10000. The summed E-state index contributed by atoms with van der Waals surface area (Å²) in [4.78, 5) is 0. The minimum absolute atomic E-state index is 0.899. The molecular formula is C122H74N6O2S. The van der Waals surface area contributed by atoms with E-state index in [0.717, 1.165) is 60.9 Å². The maximum Gasteiger partial charge on any atom is 0.137 e. The molecule has 0 atom stereocenters. The second kappa shape index (κ2) is 28.6. The Morgan fingerprint density at radius 2 is 0.504 bits per heavy atom. The van der Waals surface area contributed by atoms with Gasteiger partial charge in [-0.1, -0.05) is 279 Å². The molecule has 0 N–H and O–H groups in total. The molecule has 30 aromatic rings. The van der Waals surface area contributed by atoms with Crippen molar-refractivity contribution in [2.24, 2.45) is 0 Å². The van der Waals surface area contributed by atoms with Gasteiger partial charge in [0.1, 0.15) is 22.3 Å². The first-order valence-electron chi connectivity index (χ1n) is 44.8. The van der Waals surface area contributed by atoms with E-state index in [1.165, 1.54) is 201 Å². The molecule has 9 aromatic heterocycles. The molecule has 0 amide bonds. The molecule has 0 fully saturated rings. The van der Waals surface area contributed by atoms with Crippen LogP contribution in [0.3, 0.4) is 0 Å². The summed E-state index contributed by atoms with van der Waals surface area (Å²) in [6, 6.07) is 162. The second-order valence-electron chi connectivity index (χ2n) is 34.4. The summed E-state index contributed by atoms with van der Waals surface area (Å²) in [5, 5.41) is 27.3. The minimum atomic E-state index is 0.899. The zero-order valence-corrected chi connectivity index (χ0v) is 71.4. The lowest BCUT2D eigenvalue weighted by Gasteiger charge is -2.14. The van der Waals surface area contributed by atoms with Crippen LogP contribution in [0.1, 0.15) is 0 Å². The van der Waals surface area contributed by atoms with Crippen molar-refractivity contribution in [3.63, 3.8) is 0 Å². The molecule has 0 saturated carbocycles. The number of nitrogens with zero attached hydrogens (tertiary/aromatic N) is 6. The number of hydrogen-bond donors (Lipinski definition) is 0. The van der Waals surface area contributed by atoms with Gasteiger partial charge in [-0.3, -0.25) is 0 Å². The van der Waals surface area contributed by atoms with Crippen molar-refractivity contribution in [2.45, 2.75) is 0 Å². The van der Waals surface area contributed by atoms with Crippen molar-refractivity contribution in [1.82, 2.24) is 27.4 Å². The Kier molecular flexibility index (Phi) is 16.0. The van der Waals surface area contributed by atoms with E-state index in [1.54, 1.807) is 0 Å². The molecule has 0 aliphatic carbocycles. The number of benzene rings is 21. The molecular weight excluding hydrogens is 1610 g/mol. The van der Waals surface area contributed by atoms with Gasteiger partial charge in [0.15, 0.2) is 0 Å².